The summed E-state index contributed by atoms with van der Waals surface area (Å²) in [7, 11) is 1.30. The number of fused-ring (bicyclic) bond motifs is 10. The highest BCUT2D eigenvalue weighted by Crippen LogP contribution is 2.40. The van der Waals surface area contributed by atoms with E-state index in [1.54, 1.807) is 35.5 Å². The third-order valence-corrected chi connectivity index (χ3v) is 10.7. The minimum absolute atomic E-state index is 0.0423. The number of aromatic nitrogens is 8. The maximum atomic E-state index is 13.2. The monoisotopic (exact) mass is 772 g/mol. The van der Waals surface area contributed by atoms with Crippen molar-refractivity contribution in [3.63, 3.8) is 0 Å². The number of carboxylic acid groups (broad SMARTS) is 1. The van der Waals surface area contributed by atoms with Crippen LogP contribution in [0, 0.1) is 13.8 Å². The van der Waals surface area contributed by atoms with Gasteiger partial charge in [0.2, 0.25) is 11.9 Å². The Morgan fingerprint density at radius 2 is 1.19 bits per heavy atom. The van der Waals surface area contributed by atoms with Crippen LogP contribution in [0.15, 0.2) is 49.1 Å². The number of anilines is 6. The number of esters is 1. The lowest BCUT2D eigenvalue weighted by Crippen LogP contribution is -2.48. The summed E-state index contributed by atoms with van der Waals surface area (Å²) in [5.74, 6) is -0.506. The van der Waals surface area contributed by atoms with Gasteiger partial charge in [0, 0.05) is 61.7 Å². The van der Waals surface area contributed by atoms with Crippen LogP contribution in [0.1, 0.15) is 44.9 Å². The lowest BCUT2D eigenvalue weighted by Gasteiger charge is -2.35. The number of rotatable bonds is 4. The van der Waals surface area contributed by atoms with Crippen LogP contribution in [0.25, 0.3) is 22.1 Å². The van der Waals surface area contributed by atoms with Crippen LogP contribution in [-0.2, 0) is 4.74 Å². The van der Waals surface area contributed by atoms with E-state index in [-0.39, 0.29) is 41.4 Å². The molecule has 10 heterocycles. The second-order valence-electron chi connectivity index (χ2n) is 14.1. The molecule has 0 aliphatic carbocycles. The smallest absolute Gasteiger partial charge is 0.356 e. The zero-order valence-corrected chi connectivity index (χ0v) is 31.0. The lowest BCUT2D eigenvalue weighted by molar-refractivity contribution is 0.0593. The first-order valence-corrected chi connectivity index (χ1v) is 18.2. The van der Waals surface area contributed by atoms with Crippen LogP contribution in [-0.4, -0.2) is 114 Å². The number of nitrogens with zero attached hydrogens (tertiary/aromatic N) is 10. The molecule has 57 heavy (non-hydrogen) atoms. The van der Waals surface area contributed by atoms with Crippen LogP contribution in [0.5, 0.6) is 0 Å². The average Bonchev–Trinajstić information content (AvgIpc) is 4.01. The molecule has 4 aliphatic rings. The molecular formula is C37H36N14O6. The quantitative estimate of drug-likeness (QED) is 0.159. The van der Waals surface area contributed by atoms with Gasteiger partial charge < -0.3 is 29.6 Å². The molecule has 0 spiro atoms. The molecule has 2 fully saturated rings. The van der Waals surface area contributed by atoms with Crippen molar-refractivity contribution >= 4 is 81.0 Å². The highest BCUT2D eigenvalue weighted by atomic mass is 16.5. The molecule has 4 aliphatic heterocycles. The fraction of sp³-hybridized carbons (Fsp3) is 0.297. The third-order valence-electron chi connectivity index (χ3n) is 10.7. The first-order chi connectivity index (χ1) is 27.6. The van der Waals surface area contributed by atoms with E-state index in [2.05, 4.69) is 60.3 Å². The number of ether oxygens (including phenoxy) is 1. The summed E-state index contributed by atoms with van der Waals surface area (Å²) in [5.41, 5.74) is 4.99. The molecule has 20 nitrogen and oxygen atoms in total. The molecule has 2 saturated heterocycles. The number of nitrogens with one attached hydrogen (secondary N) is 4. The van der Waals surface area contributed by atoms with Crippen LogP contribution in [0.3, 0.4) is 0 Å². The fourth-order valence-corrected chi connectivity index (χ4v) is 7.78. The summed E-state index contributed by atoms with van der Waals surface area (Å²) >= 11 is 0. The van der Waals surface area contributed by atoms with E-state index in [4.69, 9.17) is 4.74 Å². The van der Waals surface area contributed by atoms with Gasteiger partial charge in [-0.05, 0) is 62.1 Å². The molecule has 5 N–H and O–H groups in total. The number of carboxylic acids is 1. The first kappa shape index (κ1) is 35.3. The highest BCUT2D eigenvalue weighted by Gasteiger charge is 2.42. The van der Waals surface area contributed by atoms with Crippen LogP contribution in [0.4, 0.5) is 44.5 Å². The molecule has 0 unspecified atom stereocenters. The van der Waals surface area contributed by atoms with Crippen molar-refractivity contribution in [1.82, 2.24) is 39.9 Å². The van der Waals surface area contributed by atoms with Gasteiger partial charge in [0.05, 0.1) is 30.6 Å². The van der Waals surface area contributed by atoms with Crippen LogP contribution < -0.4 is 30.2 Å². The maximum Gasteiger partial charge on any atom is 0.356 e. The van der Waals surface area contributed by atoms with E-state index in [0.29, 0.717) is 29.5 Å². The number of pyridine rings is 2. The van der Waals surface area contributed by atoms with Gasteiger partial charge in [-0.15, -0.1) is 0 Å². The summed E-state index contributed by atoms with van der Waals surface area (Å²) < 4.78 is 4.77. The van der Waals surface area contributed by atoms with Crippen molar-refractivity contribution in [2.24, 2.45) is 0 Å². The Hall–Kier alpha value is -7.38. The summed E-state index contributed by atoms with van der Waals surface area (Å²) in [6, 6.07) is 5.66. The molecule has 0 saturated carbocycles. The molecule has 2 atom stereocenters. The van der Waals surface area contributed by atoms with Gasteiger partial charge in [0.15, 0.2) is 23.0 Å². The van der Waals surface area contributed by atoms with Gasteiger partial charge in [0.25, 0.3) is 0 Å². The van der Waals surface area contributed by atoms with Crippen LogP contribution in [0.2, 0.25) is 0 Å². The van der Waals surface area contributed by atoms with Crippen molar-refractivity contribution < 1.29 is 29.0 Å². The number of carbonyl (C=O) groups is 4. The molecule has 0 radical (unpaired) electrons. The Bertz CT molecular complexity index is 2620. The summed E-state index contributed by atoms with van der Waals surface area (Å²) in [5, 5.41) is 16.6. The van der Waals surface area contributed by atoms with Gasteiger partial charge in [-0.2, -0.15) is 9.97 Å². The standard InChI is InChI=1S/C19H19N7O3.C18H17N7O3/c1-10-7-20-15-12(10)8-21-18(23-15)24-19(28)26-11-5-6-25(9-11)14-4-3-13(17(27)29-2)22-16(14)26;1-9-6-19-14-11(9)7-20-17(22-14)23-18(28)25-10-4-5-24(8-10)13-3-2-12(16(26)27)21-15(13)25/h3-4,7-8,11H,5-6,9H2,1-2H3,(H2,20,21,23,24,28);2-3,6-7,10H,4-5,8H2,1H3,(H,26,27)(H2,19,20,22,23,28)/t11-;10-/m00/s1. The highest BCUT2D eigenvalue weighted by molar-refractivity contribution is 6.05. The summed E-state index contributed by atoms with van der Waals surface area (Å²) in [6.45, 7) is 6.93. The van der Waals surface area contributed by atoms with Crippen LogP contribution >= 0.6 is 0 Å². The number of carbonyl (C=O) groups excluding carboxylic acids is 3. The Morgan fingerprint density at radius 1 is 0.719 bits per heavy atom. The van der Waals surface area contributed by atoms with Crippen molar-refractivity contribution in [1.29, 1.82) is 0 Å². The number of hydrogen-bond acceptors (Lipinski definition) is 13. The van der Waals surface area contributed by atoms with E-state index in [1.807, 2.05) is 26.2 Å². The number of methoxy groups -OCH3 is 1. The number of H-pyrrole nitrogens is 2. The number of aromatic carboxylic acids is 1. The molecule has 4 bridgehead atoms. The van der Waals surface area contributed by atoms with E-state index >= 15 is 0 Å². The van der Waals surface area contributed by atoms with Crippen molar-refractivity contribution in [2.75, 3.05) is 63.5 Å². The molecule has 0 aromatic carbocycles. The maximum absolute atomic E-state index is 13.2. The van der Waals surface area contributed by atoms with Gasteiger partial charge in [-0.3, -0.25) is 20.4 Å². The van der Waals surface area contributed by atoms with Gasteiger partial charge in [-0.1, -0.05) is 0 Å². The van der Waals surface area contributed by atoms with Crippen molar-refractivity contribution in [3.05, 3.63) is 71.6 Å². The average molecular weight is 773 g/mol. The molecule has 4 amide bonds. The van der Waals surface area contributed by atoms with Gasteiger partial charge in [0.1, 0.15) is 11.3 Å². The number of aromatic amines is 2. The van der Waals surface area contributed by atoms with Gasteiger partial charge >= 0.3 is 24.0 Å². The topological polar surface area (TPSA) is 244 Å². The summed E-state index contributed by atoms with van der Waals surface area (Å²) in [6.07, 6.45) is 8.60. The van der Waals surface area contributed by atoms with Gasteiger partial charge in [-0.25, -0.2) is 39.1 Å². The number of amides is 4. The lowest BCUT2D eigenvalue weighted by atomic mass is 10.2. The minimum Gasteiger partial charge on any atom is -0.477 e. The van der Waals surface area contributed by atoms with Crippen molar-refractivity contribution in [2.45, 2.75) is 38.8 Å². The zero-order valence-electron chi connectivity index (χ0n) is 31.0. The Morgan fingerprint density at radius 3 is 1.67 bits per heavy atom. The predicted octanol–water partition coefficient (Wildman–Crippen LogP) is 4.07. The number of aryl methyl sites for hydroxylation is 2. The zero-order chi connectivity index (χ0) is 39.5. The van der Waals surface area contributed by atoms with E-state index in [9.17, 15) is 24.3 Å². The fourth-order valence-electron chi connectivity index (χ4n) is 7.78. The number of hydrogen-bond donors (Lipinski definition) is 5. The second-order valence-corrected chi connectivity index (χ2v) is 14.1. The molecule has 10 rings (SSSR count). The van der Waals surface area contributed by atoms with E-state index in [0.717, 1.165) is 65.8 Å². The Labute approximate surface area is 323 Å². The van der Waals surface area contributed by atoms with E-state index in [1.165, 1.54) is 18.1 Å². The normalized spacial score (nSPS) is 17.5. The third kappa shape index (κ3) is 6.19. The first-order valence-electron chi connectivity index (χ1n) is 18.2. The number of urea groups is 2. The summed E-state index contributed by atoms with van der Waals surface area (Å²) in [4.78, 5) is 88.9. The Kier molecular flexibility index (Phi) is 8.51. The van der Waals surface area contributed by atoms with E-state index < -0.39 is 18.0 Å². The molecule has 20 heteroatoms. The second kappa shape index (κ2) is 13.7. The van der Waals surface area contributed by atoms with Crippen molar-refractivity contribution in [3.8, 4) is 0 Å². The predicted molar refractivity (Wildman–Crippen MR) is 208 cm³/mol. The SMILES string of the molecule is COC(=O)c1ccc2c(n1)N(C(=O)Nc1ncc3c(C)c[nH]c3n1)[C@H]1CCN2C1.Cc1c[nH]c2nc(NC(=O)N3c4nc(C(=O)O)ccc4N4CC[C@H]3C4)ncc12. The largest absolute Gasteiger partial charge is 0.477 e. The molecule has 6 aromatic rings. The molecule has 290 valence electrons. The molecule has 6 aromatic heterocycles. The molecular weight excluding hydrogens is 736 g/mol. The Balaban J connectivity index is 0.000000148. The minimum atomic E-state index is -1.13.